The first-order valence-electron chi connectivity index (χ1n) is 7.63. The molecule has 0 bridgehead atoms. The molecular weight excluding hydrogens is 292 g/mol. The molecule has 0 spiro atoms. The molecule has 122 valence electrons. The minimum absolute atomic E-state index is 0.0719. The monoisotopic (exact) mass is 314 g/mol. The van der Waals surface area contributed by atoms with Gasteiger partial charge in [0.1, 0.15) is 5.69 Å². The average Bonchev–Trinajstić information content (AvgIpc) is 2.93. The van der Waals surface area contributed by atoms with E-state index in [1.165, 1.54) is 0 Å². The van der Waals surface area contributed by atoms with Crippen molar-refractivity contribution in [1.29, 1.82) is 0 Å². The standard InChI is InChI=1S/C18H22N2O3/c1-13-7-4-8-14(2)17(13)19-16(21)10-6-12-23-18(22)15-9-5-11-20(15)3/h4-5,7-9,11H,6,10,12H2,1-3H3,(H,19,21). The summed E-state index contributed by atoms with van der Waals surface area (Å²) in [7, 11) is 1.79. The first-order valence-corrected chi connectivity index (χ1v) is 7.63. The van der Waals surface area contributed by atoms with Gasteiger partial charge in [-0.25, -0.2) is 4.79 Å². The summed E-state index contributed by atoms with van der Waals surface area (Å²) in [6, 6.07) is 9.38. The van der Waals surface area contributed by atoms with Gasteiger partial charge in [-0.2, -0.15) is 0 Å². The summed E-state index contributed by atoms with van der Waals surface area (Å²) in [6.45, 7) is 4.15. The molecule has 1 N–H and O–H groups in total. The Balaban J connectivity index is 1.75. The van der Waals surface area contributed by atoms with E-state index in [1.54, 1.807) is 29.9 Å². The van der Waals surface area contributed by atoms with E-state index in [0.717, 1.165) is 16.8 Å². The number of carbonyl (C=O) groups is 2. The molecular formula is C18H22N2O3. The number of rotatable bonds is 6. The SMILES string of the molecule is Cc1cccc(C)c1NC(=O)CCCOC(=O)c1cccn1C. The van der Waals surface area contributed by atoms with Gasteiger partial charge in [0.2, 0.25) is 5.91 Å². The van der Waals surface area contributed by atoms with Crippen molar-refractivity contribution in [1.82, 2.24) is 4.57 Å². The third kappa shape index (κ3) is 4.45. The zero-order valence-electron chi connectivity index (χ0n) is 13.8. The van der Waals surface area contributed by atoms with Gasteiger partial charge in [-0.3, -0.25) is 4.79 Å². The van der Waals surface area contributed by atoms with Crippen molar-refractivity contribution >= 4 is 17.6 Å². The quantitative estimate of drug-likeness (QED) is 0.658. The smallest absolute Gasteiger partial charge is 0.354 e. The van der Waals surface area contributed by atoms with Gasteiger partial charge in [-0.05, 0) is 43.5 Å². The molecule has 5 heteroatoms. The molecule has 0 radical (unpaired) electrons. The van der Waals surface area contributed by atoms with E-state index in [4.69, 9.17) is 4.74 Å². The van der Waals surface area contributed by atoms with E-state index >= 15 is 0 Å². The molecule has 1 heterocycles. The number of nitrogens with zero attached hydrogens (tertiary/aromatic N) is 1. The van der Waals surface area contributed by atoms with Gasteiger partial charge in [0.25, 0.3) is 0 Å². The largest absolute Gasteiger partial charge is 0.461 e. The molecule has 0 aliphatic heterocycles. The Labute approximate surface area is 136 Å². The molecule has 1 aromatic carbocycles. The first kappa shape index (κ1) is 16.8. The Morgan fingerprint density at radius 3 is 2.43 bits per heavy atom. The van der Waals surface area contributed by atoms with Gasteiger partial charge in [0.05, 0.1) is 6.61 Å². The van der Waals surface area contributed by atoms with Crippen molar-refractivity contribution < 1.29 is 14.3 Å². The third-order valence-electron chi connectivity index (χ3n) is 3.68. The van der Waals surface area contributed by atoms with Gasteiger partial charge in [-0.1, -0.05) is 18.2 Å². The Kier molecular flexibility index (Phi) is 5.57. The van der Waals surface area contributed by atoms with Crippen LogP contribution in [0.25, 0.3) is 0 Å². The Bertz CT molecular complexity index is 684. The molecule has 0 fully saturated rings. The van der Waals surface area contributed by atoms with Gasteiger partial charge < -0.3 is 14.6 Å². The Hall–Kier alpha value is -2.56. The molecule has 0 saturated carbocycles. The lowest BCUT2D eigenvalue weighted by Gasteiger charge is -2.11. The maximum Gasteiger partial charge on any atom is 0.354 e. The number of para-hydroxylation sites is 1. The van der Waals surface area contributed by atoms with Crippen molar-refractivity contribution in [2.24, 2.45) is 7.05 Å². The zero-order valence-corrected chi connectivity index (χ0v) is 13.8. The number of esters is 1. The molecule has 1 aromatic heterocycles. The number of hydrogen-bond acceptors (Lipinski definition) is 3. The summed E-state index contributed by atoms with van der Waals surface area (Å²) >= 11 is 0. The van der Waals surface area contributed by atoms with E-state index < -0.39 is 0 Å². The van der Waals surface area contributed by atoms with E-state index in [9.17, 15) is 9.59 Å². The number of ether oxygens (including phenoxy) is 1. The minimum Gasteiger partial charge on any atom is -0.461 e. The van der Waals surface area contributed by atoms with E-state index in [1.807, 2.05) is 32.0 Å². The van der Waals surface area contributed by atoms with Gasteiger partial charge in [-0.15, -0.1) is 0 Å². The molecule has 5 nitrogen and oxygen atoms in total. The Morgan fingerprint density at radius 2 is 1.83 bits per heavy atom. The lowest BCUT2D eigenvalue weighted by Crippen LogP contribution is -2.15. The third-order valence-corrected chi connectivity index (χ3v) is 3.68. The van der Waals surface area contributed by atoms with Crippen LogP contribution in [0.3, 0.4) is 0 Å². The van der Waals surface area contributed by atoms with E-state index in [-0.39, 0.29) is 18.5 Å². The van der Waals surface area contributed by atoms with Crippen LogP contribution in [0.1, 0.15) is 34.5 Å². The fraction of sp³-hybridized carbons (Fsp3) is 0.333. The zero-order chi connectivity index (χ0) is 16.8. The van der Waals surface area contributed by atoms with Crippen LogP contribution in [0, 0.1) is 13.8 Å². The fourth-order valence-corrected chi connectivity index (χ4v) is 2.36. The van der Waals surface area contributed by atoms with Crippen molar-refractivity contribution in [3.8, 4) is 0 Å². The first-order chi connectivity index (χ1) is 11.0. The van der Waals surface area contributed by atoms with Crippen molar-refractivity contribution in [3.05, 3.63) is 53.3 Å². The number of aryl methyl sites for hydroxylation is 3. The summed E-state index contributed by atoms with van der Waals surface area (Å²) in [6.07, 6.45) is 2.59. The van der Waals surface area contributed by atoms with Crippen molar-refractivity contribution in [2.45, 2.75) is 26.7 Å². The van der Waals surface area contributed by atoms with Crippen molar-refractivity contribution in [3.63, 3.8) is 0 Å². The highest BCUT2D eigenvalue weighted by atomic mass is 16.5. The van der Waals surface area contributed by atoms with Crippen LogP contribution in [0.2, 0.25) is 0 Å². The topological polar surface area (TPSA) is 60.3 Å². The number of benzene rings is 1. The summed E-state index contributed by atoms with van der Waals surface area (Å²) in [5, 5.41) is 2.92. The number of anilines is 1. The highest BCUT2D eigenvalue weighted by Crippen LogP contribution is 2.19. The number of aromatic nitrogens is 1. The van der Waals surface area contributed by atoms with Crippen LogP contribution < -0.4 is 5.32 Å². The molecule has 0 aliphatic rings. The average molecular weight is 314 g/mol. The fourth-order valence-electron chi connectivity index (χ4n) is 2.36. The molecule has 23 heavy (non-hydrogen) atoms. The normalized spacial score (nSPS) is 10.4. The molecule has 0 aliphatic carbocycles. The second-order valence-electron chi connectivity index (χ2n) is 5.56. The number of amides is 1. The predicted molar refractivity (Wildman–Crippen MR) is 89.5 cm³/mol. The number of nitrogens with one attached hydrogen (secondary N) is 1. The number of carbonyl (C=O) groups excluding carboxylic acids is 2. The van der Waals surface area contributed by atoms with Gasteiger partial charge in [0.15, 0.2) is 0 Å². The Morgan fingerprint density at radius 1 is 1.13 bits per heavy atom. The lowest BCUT2D eigenvalue weighted by molar-refractivity contribution is -0.116. The molecule has 2 rings (SSSR count). The highest BCUT2D eigenvalue weighted by molar-refractivity contribution is 5.92. The summed E-state index contributed by atoms with van der Waals surface area (Å²) in [4.78, 5) is 23.8. The predicted octanol–water partition coefficient (Wildman–Crippen LogP) is 3.22. The summed E-state index contributed by atoms with van der Waals surface area (Å²) < 4.78 is 6.88. The van der Waals surface area contributed by atoms with E-state index in [0.29, 0.717) is 18.5 Å². The summed E-state index contributed by atoms with van der Waals surface area (Å²) in [5.41, 5.74) is 3.44. The molecule has 1 amide bonds. The summed E-state index contributed by atoms with van der Waals surface area (Å²) in [5.74, 6) is -0.440. The maximum absolute atomic E-state index is 12.0. The van der Waals surface area contributed by atoms with Crippen LogP contribution >= 0.6 is 0 Å². The van der Waals surface area contributed by atoms with Crippen LogP contribution in [-0.4, -0.2) is 23.1 Å². The van der Waals surface area contributed by atoms with Crippen LogP contribution in [0.5, 0.6) is 0 Å². The highest BCUT2D eigenvalue weighted by Gasteiger charge is 2.11. The molecule has 0 saturated heterocycles. The second-order valence-corrected chi connectivity index (χ2v) is 5.56. The maximum atomic E-state index is 12.0. The minimum atomic E-state index is -0.368. The molecule has 0 atom stereocenters. The lowest BCUT2D eigenvalue weighted by atomic mass is 10.1. The number of hydrogen-bond donors (Lipinski definition) is 1. The molecule has 0 unspecified atom stereocenters. The van der Waals surface area contributed by atoms with Crippen molar-refractivity contribution in [2.75, 3.05) is 11.9 Å². The van der Waals surface area contributed by atoms with Crippen LogP contribution in [0.15, 0.2) is 36.5 Å². The molecule has 2 aromatic rings. The van der Waals surface area contributed by atoms with Crippen LogP contribution in [-0.2, 0) is 16.6 Å². The van der Waals surface area contributed by atoms with Gasteiger partial charge in [0, 0.05) is 25.4 Å². The van der Waals surface area contributed by atoms with Gasteiger partial charge >= 0.3 is 5.97 Å². The van der Waals surface area contributed by atoms with Crippen LogP contribution in [0.4, 0.5) is 5.69 Å². The second kappa shape index (κ2) is 7.63. The van der Waals surface area contributed by atoms with E-state index in [2.05, 4.69) is 5.32 Å².